The highest BCUT2D eigenvalue weighted by molar-refractivity contribution is 7.80. The van der Waals surface area contributed by atoms with Crippen molar-refractivity contribution in [3.63, 3.8) is 0 Å². The number of amides is 1. The molecule has 0 atom stereocenters. The summed E-state index contributed by atoms with van der Waals surface area (Å²) in [5, 5.41) is 3.01. The molecule has 0 saturated carbocycles. The molecule has 0 aliphatic carbocycles. The largest absolute Gasteiger partial charge is 0.392 e. The number of hydrogen-bond acceptors (Lipinski definition) is 4. The van der Waals surface area contributed by atoms with Crippen LogP contribution in [-0.2, 0) is 9.53 Å². The Morgan fingerprint density at radius 3 is 2.55 bits per heavy atom. The summed E-state index contributed by atoms with van der Waals surface area (Å²) in [6, 6.07) is 0. The van der Waals surface area contributed by atoms with E-state index in [-0.39, 0.29) is 5.91 Å². The maximum atomic E-state index is 12.4. The number of rotatable bonds is 6. The molecule has 3 N–H and O–H groups in total. The van der Waals surface area contributed by atoms with Gasteiger partial charge in [0.05, 0.1) is 4.99 Å². The molecule has 0 spiro atoms. The summed E-state index contributed by atoms with van der Waals surface area (Å²) in [5.41, 5.74) is 5.12. The molecule has 2 saturated heterocycles. The lowest BCUT2D eigenvalue weighted by Crippen LogP contribution is -2.52. The molecule has 0 aromatic carbocycles. The summed E-state index contributed by atoms with van der Waals surface area (Å²) in [6.45, 7) is 5.26. The molecular weight excluding hydrogens is 274 g/mol. The zero-order valence-corrected chi connectivity index (χ0v) is 12.8. The maximum absolute atomic E-state index is 12.4. The van der Waals surface area contributed by atoms with Crippen LogP contribution in [0.25, 0.3) is 0 Å². The molecule has 2 aliphatic rings. The van der Waals surface area contributed by atoms with E-state index in [0.29, 0.717) is 37.6 Å². The van der Waals surface area contributed by atoms with Gasteiger partial charge in [-0.15, -0.1) is 0 Å². The number of hydrogen-bond donors (Lipinski definition) is 2. The van der Waals surface area contributed by atoms with Crippen LogP contribution in [0.4, 0.5) is 0 Å². The fourth-order valence-electron chi connectivity index (χ4n) is 2.99. The van der Waals surface area contributed by atoms with Crippen molar-refractivity contribution in [1.29, 1.82) is 0 Å². The van der Waals surface area contributed by atoms with E-state index < -0.39 is 5.41 Å². The van der Waals surface area contributed by atoms with Gasteiger partial charge in [0.1, 0.15) is 5.41 Å². The molecule has 0 bridgehead atoms. The van der Waals surface area contributed by atoms with Crippen LogP contribution >= 0.6 is 12.2 Å². The number of ether oxygens (including phenoxy) is 1. The van der Waals surface area contributed by atoms with Crippen molar-refractivity contribution in [3.8, 4) is 0 Å². The molecule has 114 valence electrons. The summed E-state index contributed by atoms with van der Waals surface area (Å²) < 4.78 is 5.32. The van der Waals surface area contributed by atoms with Gasteiger partial charge in [0.25, 0.3) is 0 Å². The van der Waals surface area contributed by atoms with Gasteiger partial charge < -0.3 is 20.7 Å². The minimum Gasteiger partial charge on any atom is -0.392 e. The Hall–Kier alpha value is -0.720. The van der Waals surface area contributed by atoms with Gasteiger partial charge in [-0.1, -0.05) is 12.2 Å². The quantitative estimate of drug-likeness (QED) is 0.557. The molecule has 0 aromatic heterocycles. The first-order chi connectivity index (χ1) is 9.65. The van der Waals surface area contributed by atoms with Crippen LogP contribution in [-0.4, -0.2) is 55.2 Å². The van der Waals surface area contributed by atoms with Crippen molar-refractivity contribution in [2.75, 3.05) is 39.4 Å². The second-order valence-corrected chi connectivity index (χ2v) is 6.16. The zero-order valence-electron chi connectivity index (χ0n) is 12.0. The monoisotopic (exact) mass is 299 g/mol. The summed E-state index contributed by atoms with van der Waals surface area (Å²) in [6.07, 6.45) is 4.78. The predicted molar refractivity (Wildman–Crippen MR) is 82.6 cm³/mol. The number of carbonyl (C=O) groups is 1. The maximum Gasteiger partial charge on any atom is 0.233 e. The number of nitrogens with zero attached hydrogens (tertiary/aromatic N) is 1. The topological polar surface area (TPSA) is 67.6 Å². The van der Waals surface area contributed by atoms with E-state index in [1.54, 1.807) is 0 Å². The third kappa shape index (κ3) is 3.68. The minimum atomic E-state index is -0.693. The molecule has 2 aliphatic heterocycles. The van der Waals surface area contributed by atoms with Crippen molar-refractivity contribution in [3.05, 3.63) is 0 Å². The molecule has 0 radical (unpaired) electrons. The van der Waals surface area contributed by atoms with E-state index in [1.165, 1.54) is 25.9 Å². The first-order valence-corrected chi connectivity index (χ1v) is 7.94. The summed E-state index contributed by atoms with van der Waals surface area (Å²) >= 11 is 5.12. The van der Waals surface area contributed by atoms with Crippen LogP contribution in [0.3, 0.4) is 0 Å². The van der Waals surface area contributed by atoms with Crippen LogP contribution < -0.4 is 11.1 Å². The van der Waals surface area contributed by atoms with E-state index in [2.05, 4.69) is 10.2 Å². The molecule has 2 fully saturated rings. The molecule has 20 heavy (non-hydrogen) atoms. The average Bonchev–Trinajstić information content (AvgIpc) is 2.97. The van der Waals surface area contributed by atoms with Crippen molar-refractivity contribution in [2.24, 2.45) is 11.1 Å². The Labute approximate surface area is 126 Å². The highest BCUT2D eigenvalue weighted by Gasteiger charge is 2.42. The minimum absolute atomic E-state index is 0.0188. The lowest BCUT2D eigenvalue weighted by molar-refractivity contribution is -0.131. The van der Waals surface area contributed by atoms with Crippen molar-refractivity contribution in [2.45, 2.75) is 32.1 Å². The lowest BCUT2D eigenvalue weighted by atomic mass is 9.79. The van der Waals surface area contributed by atoms with E-state index >= 15 is 0 Å². The first kappa shape index (κ1) is 15.7. The van der Waals surface area contributed by atoms with Crippen molar-refractivity contribution in [1.82, 2.24) is 10.2 Å². The number of nitrogens with two attached hydrogens (primary N) is 1. The normalized spacial score (nSPS) is 22.6. The van der Waals surface area contributed by atoms with Gasteiger partial charge in [0.15, 0.2) is 0 Å². The molecule has 2 heterocycles. The number of likely N-dealkylation sites (tertiary alicyclic amines) is 1. The second-order valence-electron chi connectivity index (χ2n) is 5.72. The van der Waals surface area contributed by atoms with Crippen LogP contribution in [0.15, 0.2) is 0 Å². The Kier molecular flexibility index (Phi) is 5.74. The average molecular weight is 299 g/mol. The van der Waals surface area contributed by atoms with Gasteiger partial charge in [-0.2, -0.15) is 0 Å². The van der Waals surface area contributed by atoms with Crippen molar-refractivity contribution < 1.29 is 9.53 Å². The van der Waals surface area contributed by atoms with Crippen LogP contribution in [0, 0.1) is 5.41 Å². The summed E-state index contributed by atoms with van der Waals surface area (Å²) in [4.78, 5) is 15.2. The fourth-order valence-corrected chi connectivity index (χ4v) is 3.28. The predicted octanol–water partition coefficient (Wildman–Crippen LogP) is 0.671. The third-order valence-corrected chi connectivity index (χ3v) is 4.78. The highest BCUT2D eigenvalue weighted by Crippen LogP contribution is 2.31. The van der Waals surface area contributed by atoms with Gasteiger partial charge in [0, 0.05) is 19.8 Å². The number of carbonyl (C=O) groups excluding carboxylic acids is 1. The summed E-state index contributed by atoms with van der Waals surface area (Å²) in [7, 11) is 0. The molecule has 5 nitrogen and oxygen atoms in total. The van der Waals surface area contributed by atoms with E-state index in [1.807, 2.05) is 0 Å². The summed E-state index contributed by atoms with van der Waals surface area (Å²) in [5.74, 6) is -0.0188. The van der Waals surface area contributed by atoms with Gasteiger partial charge in [-0.25, -0.2) is 0 Å². The van der Waals surface area contributed by atoms with Crippen LogP contribution in [0.1, 0.15) is 32.1 Å². The standard InChI is InChI=1S/C14H25N3O2S/c15-12(20)14(4-10-19-11-5-14)13(18)16-6-3-9-17-7-1-2-8-17/h1-11H2,(H2,15,20)(H,16,18). The molecule has 2 rings (SSSR count). The molecular formula is C14H25N3O2S. The third-order valence-electron chi connectivity index (χ3n) is 4.39. The Bertz CT molecular complexity index is 350. The van der Waals surface area contributed by atoms with Gasteiger partial charge in [-0.3, -0.25) is 4.79 Å². The molecule has 6 heteroatoms. The SMILES string of the molecule is NC(=S)C1(C(=O)NCCCN2CCCC2)CCOCC1. The smallest absolute Gasteiger partial charge is 0.233 e. The van der Waals surface area contributed by atoms with Crippen LogP contribution in [0.5, 0.6) is 0 Å². The van der Waals surface area contributed by atoms with E-state index in [0.717, 1.165) is 13.0 Å². The fraction of sp³-hybridized carbons (Fsp3) is 0.857. The molecule has 0 unspecified atom stereocenters. The van der Waals surface area contributed by atoms with Crippen LogP contribution in [0.2, 0.25) is 0 Å². The Balaban J connectivity index is 1.75. The van der Waals surface area contributed by atoms with Gasteiger partial charge in [0.2, 0.25) is 5.91 Å². The second kappa shape index (κ2) is 7.33. The molecule has 1 amide bonds. The zero-order chi connectivity index (χ0) is 14.4. The highest BCUT2D eigenvalue weighted by atomic mass is 32.1. The van der Waals surface area contributed by atoms with Gasteiger partial charge in [-0.05, 0) is 51.7 Å². The van der Waals surface area contributed by atoms with Gasteiger partial charge >= 0.3 is 0 Å². The van der Waals surface area contributed by atoms with Crippen molar-refractivity contribution >= 4 is 23.1 Å². The number of thiocarbonyl (C=S) groups is 1. The molecule has 0 aromatic rings. The van der Waals surface area contributed by atoms with E-state index in [9.17, 15) is 4.79 Å². The Morgan fingerprint density at radius 2 is 1.95 bits per heavy atom. The lowest BCUT2D eigenvalue weighted by Gasteiger charge is -2.34. The van der Waals surface area contributed by atoms with E-state index in [4.69, 9.17) is 22.7 Å². The number of nitrogens with one attached hydrogen (secondary N) is 1. The Morgan fingerprint density at radius 1 is 1.30 bits per heavy atom. The first-order valence-electron chi connectivity index (χ1n) is 7.53.